The summed E-state index contributed by atoms with van der Waals surface area (Å²) in [4.78, 5) is 24.7. The molecule has 8 N–H and O–H groups in total. The van der Waals surface area contributed by atoms with Crippen molar-refractivity contribution < 1.29 is 30.0 Å². The van der Waals surface area contributed by atoms with Gasteiger partial charge in [-0.05, 0) is 107 Å². The number of carbonyl (C=O) groups is 2. The molecule has 1 aromatic rings. The van der Waals surface area contributed by atoms with E-state index in [-0.39, 0.29) is 36.1 Å². The molecule has 0 saturated heterocycles. The molecule has 52 heavy (non-hydrogen) atoms. The third-order valence-electron chi connectivity index (χ3n) is 11.8. The molecule has 1 aromatic carbocycles. The fourth-order valence-electron chi connectivity index (χ4n) is 8.73. The van der Waals surface area contributed by atoms with E-state index >= 15 is 0 Å². The van der Waals surface area contributed by atoms with Crippen LogP contribution in [-0.2, 0) is 4.79 Å². The Kier molecular flexibility index (Phi) is 17.4. The number of allylic oxidation sites excluding steroid dienone is 3. The van der Waals surface area contributed by atoms with Crippen LogP contribution < -0.4 is 16.4 Å². The second-order valence-electron chi connectivity index (χ2n) is 16.0. The van der Waals surface area contributed by atoms with Crippen LogP contribution in [0.5, 0.6) is 0 Å². The van der Waals surface area contributed by atoms with Crippen LogP contribution in [0.4, 0.5) is 0 Å². The Balaban J connectivity index is 1.22. The Morgan fingerprint density at radius 3 is 2.50 bits per heavy atom. The third-order valence-corrected chi connectivity index (χ3v) is 11.8. The van der Waals surface area contributed by atoms with Crippen molar-refractivity contribution in [1.29, 1.82) is 0 Å². The molecule has 9 nitrogen and oxygen atoms in total. The summed E-state index contributed by atoms with van der Waals surface area (Å²) in [6.45, 7) is 4.30. The lowest BCUT2D eigenvalue weighted by Gasteiger charge is -2.28. The molecule has 1 saturated carbocycles. The molecule has 0 aromatic heterocycles. The van der Waals surface area contributed by atoms with Gasteiger partial charge >= 0.3 is 5.97 Å². The van der Waals surface area contributed by atoms with Gasteiger partial charge in [0.2, 0.25) is 0 Å². The fourth-order valence-corrected chi connectivity index (χ4v) is 8.73. The average molecular weight is 722 g/mol. The summed E-state index contributed by atoms with van der Waals surface area (Å²) in [6.07, 6.45) is 20.4. The van der Waals surface area contributed by atoms with Crippen LogP contribution in [0.15, 0.2) is 66.0 Å². The highest BCUT2D eigenvalue weighted by Gasteiger charge is 2.44. The van der Waals surface area contributed by atoms with Crippen LogP contribution in [0, 0.1) is 29.6 Å². The SMILES string of the molecule is CCCCC[C@@H]1C=C[C@@H](CCCCC[C@H](C(=O)O)[C@H](O)CC[C@]2(O)C[C@@H](CNCCCC(=O)c3ccccc3)[C@H](CC3=CCNC(N)=C3)C2)[C@H](O)C1. The highest BCUT2D eigenvalue weighted by molar-refractivity contribution is 5.95. The number of hydrogen-bond donors (Lipinski definition) is 7. The van der Waals surface area contributed by atoms with E-state index in [1.165, 1.54) is 19.3 Å². The topological polar surface area (TPSA) is 165 Å². The lowest BCUT2D eigenvalue weighted by atomic mass is 9.81. The standard InChI is InChI=1S/C43H67N3O6/c1-2-3-6-12-31-18-19-34(40(49)26-31)15-9-5-10-16-37(42(50)51)39(48)20-22-43(52)28-35(25-32-21-24-46-41(44)27-32)36(29-43)30-45-23-11-17-38(47)33-13-7-4-8-14-33/h4,7-8,13-14,18-19,21,27,31,34-37,39-40,45-46,48-49,52H,2-3,5-6,9-12,15-17,20,22-26,28-30,44H2,1H3,(H,50,51)/t31-,34-,35-,36+,37+,39-,40-,43-/m1/s1. The first kappa shape index (κ1) is 41.8. The molecule has 8 atom stereocenters. The maximum atomic E-state index is 12.5. The smallest absolute Gasteiger partial charge is 0.309 e. The second kappa shape index (κ2) is 21.7. The first-order valence-corrected chi connectivity index (χ1v) is 20.3. The summed E-state index contributed by atoms with van der Waals surface area (Å²) < 4.78 is 0. The maximum Gasteiger partial charge on any atom is 0.309 e. The Labute approximate surface area is 312 Å². The van der Waals surface area contributed by atoms with Gasteiger partial charge in [-0.3, -0.25) is 9.59 Å². The van der Waals surface area contributed by atoms with E-state index in [0.29, 0.717) is 69.9 Å². The zero-order valence-corrected chi connectivity index (χ0v) is 31.6. The van der Waals surface area contributed by atoms with Gasteiger partial charge in [0.15, 0.2) is 5.78 Å². The van der Waals surface area contributed by atoms with Gasteiger partial charge in [0, 0.05) is 24.4 Å². The minimum Gasteiger partial charge on any atom is -0.481 e. The molecular formula is C43H67N3O6. The highest BCUT2D eigenvalue weighted by atomic mass is 16.4. The Morgan fingerprint density at radius 1 is 1.00 bits per heavy atom. The van der Waals surface area contributed by atoms with E-state index in [2.05, 4.69) is 35.8 Å². The number of unbranched alkanes of at least 4 members (excludes halogenated alkanes) is 4. The quantitative estimate of drug-likeness (QED) is 0.0352. The first-order chi connectivity index (χ1) is 25.1. The zero-order valence-electron chi connectivity index (χ0n) is 31.6. The number of carbonyl (C=O) groups excluding carboxylic acids is 1. The highest BCUT2D eigenvalue weighted by Crippen LogP contribution is 2.45. The second-order valence-corrected chi connectivity index (χ2v) is 16.0. The number of aliphatic hydroxyl groups is 3. The molecule has 0 amide bonds. The minimum atomic E-state index is -1.03. The summed E-state index contributed by atoms with van der Waals surface area (Å²) >= 11 is 0. The van der Waals surface area contributed by atoms with Crippen LogP contribution in [-0.4, -0.2) is 69.6 Å². The van der Waals surface area contributed by atoms with Crippen molar-refractivity contribution >= 4 is 11.8 Å². The van der Waals surface area contributed by atoms with E-state index < -0.39 is 23.6 Å². The van der Waals surface area contributed by atoms with E-state index in [9.17, 15) is 30.0 Å². The van der Waals surface area contributed by atoms with Crippen LogP contribution >= 0.6 is 0 Å². The average Bonchev–Trinajstić information content (AvgIpc) is 3.44. The summed E-state index contributed by atoms with van der Waals surface area (Å²) in [5, 5.41) is 50.3. The van der Waals surface area contributed by atoms with Crippen LogP contribution in [0.2, 0.25) is 0 Å². The number of benzene rings is 1. The van der Waals surface area contributed by atoms with E-state index in [4.69, 9.17) is 5.73 Å². The minimum absolute atomic E-state index is 0.138. The van der Waals surface area contributed by atoms with Gasteiger partial charge in [-0.25, -0.2) is 0 Å². The first-order valence-electron chi connectivity index (χ1n) is 20.3. The van der Waals surface area contributed by atoms with E-state index in [1.54, 1.807) is 0 Å². The maximum absolute atomic E-state index is 12.5. The number of hydrogen-bond acceptors (Lipinski definition) is 8. The summed E-state index contributed by atoms with van der Waals surface area (Å²) in [6, 6.07) is 9.35. The number of carboxylic acid groups (broad SMARTS) is 1. The van der Waals surface area contributed by atoms with Crippen molar-refractivity contribution in [3.8, 4) is 0 Å². The van der Waals surface area contributed by atoms with Gasteiger partial charge in [0.05, 0.1) is 29.5 Å². The van der Waals surface area contributed by atoms with Gasteiger partial charge in [-0.1, -0.05) is 94.0 Å². The summed E-state index contributed by atoms with van der Waals surface area (Å²) in [5.74, 6) is -0.0390. The Hall–Kier alpha value is -2.98. The molecule has 1 aliphatic heterocycles. The lowest BCUT2D eigenvalue weighted by Crippen LogP contribution is -2.33. The lowest BCUT2D eigenvalue weighted by molar-refractivity contribution is -0.146. The number of dihydropyridines is 1. The number of carboxylic acids is 1. The van der Waals surface area contributed by atoms with E-state index in [0.717, 1.165) is 56.1 Å². The van der Waals surface area contributed by atoms with Crippen molar-refractivity contribution in [2.24, 2.45) is 35.3 Å². The molecule has 9 heteroatoms. The van der Waals surface area contributed by atoms with Crippen molar-refractivity contribution in [3.63, 3.8) is 0 Å². The van der Waals surface area contributed by atoms with Crippen LogP contribution in [0.25, 0.3) is 0 Å². The van der Waals surface area contributed by atoms with Crippen molar-refractivity contribution in [1.82, 2.24) is 10.6 Å². The predicted octanol–water partition coefficient (Wildman–Crippen LogP) is 6.64. The Morgan fingerprint density at radius 2 is 1.77 bits per heavy atom. The molecule has 0 bridgehead atoms. The molecule has 0 spiro atoms. The molecular weight excluding hydrogens is 654 g/mol. The molecule has 1 fully saturated rings. The summed E-state index contributed by atoms with van der Waals surface area (Å²) in [5.41, 5.74) is 6.94. The Bertz CT molecular complexity index is 1330. The third kappa shape index (κ3) is 13.8. The van der Waals surface area contributed by atoms with Crippen LogP contribution in [0.1, 0.15) is 126 Å². The fraction of sp³-hybridized carbons (Fsp3) is 0.674. The molecule has 1 heterocycles. The number of nitrogens with one attached hydrogen (secondary N) is 2. The molecule has 4 rings (SSSR count). The number of Topliss-reactive ketones (excluding diaryl/α,β-unsaturated/α-hetero) is 1. The number of aliphatic carboxylic acids is 1. The van der Waals surface area contributed by atoms with Gasteiger partial charge in [0.25, 0.3) is 0 Å². The number of rotatable bonds is 24. The van der Waals surface area contributed by atoms with Gasteiger partial charge in [-0.2, -0.15) is 0 Å². The van der Waals surface area contributed by atoms with Crippen molar-refractivity contribution in [2.45, 2.75) is 134 Å². The summed E-state index contributed by atoms with van der Waals surface area (Å²) in [7, 11) is 0. The largest absolute Gasteiger partial charge is 0.481 e. The predicted molar refractivity (Wildman–Crippen MR) is 207 cm³/mol. The van der Waals surface area contributed by atoms with Crippen molar-refractivity contribution in [2.75, 3.05) is 19.6 Å². The normalized spacial score (nSPS) is 27.0. The molecule has 3 aliphatic rings. The molecule has 2 aliphatic carbocycles. The van der Waals surface area contributed by atoms with Crippen molar-refractivity contribution in [3.05, 3.63) is 71.6 Å². The monoisotopic (exact) mass is 722 g/mol. The molecule has 290 valence electrons. The van der Waals surface area contributed by atoms with Crippen LogP contribution in [0.3, 0.4) is 0 Å². The van der Waals surface area contributed by atoms with E-state index in [1.807, 2.05) is 36.4 Å². The van der Waals surface area contributed by atoms with Gasteiger partial charge < -0.3 is 36.8 Å². The number of nitrogens with two attached hydrogens (primary N) is 1. The molecule has 0 radical (unpaired) electrons. The molecule has 0 unspecified atom stereocenters. The van der Waals surface area contributed by atoms with Gasteiger partial charge in [0.1, 0.15) is 0 Å². The number of ketones is 1. The zero-order chi connectivity index (χ0) is 37.3. The van der Waals surface area contributed by atoms with Gasteiger partial charge in [-0.15, -0.1) is 0 Å². The number of aliphatic hydroxyl groups excluding tert-OH is 2.